The molecular weight excluding hydrogens is 329 g/mol. The van der Waals surface area contributed by atoms with E-state index in [1.165, 1.54) is 22.9 Å². The number of unbranched alkanes of at least 4 members (excludes halogenated alkanes) is 1. The fraction of sp³-hybridized carbons (Fsp3) is 0.438. The van der Waals surface area contributed by atoms with E-state index in [-0.39, 0.29) is 30.4 Å². The summed E-state index contributed by atoms with van der Waals surface area (Å²) in [6.07, 6.45) is 3.12. The van der Waals surface area contributed by atoms with Crippen LogP contribution in [0.15, 0.2) is 18.2 Å². The molecule has 1 heterocycles. The Bertz CT molecular complexity index is 788. The Morgan fingerprint density at radius 1 is 1.28 bits per heavy atom. The van der Waals surface area contributed by atoms with Gasteiger partial charge in [-0.2, -0.15) is 4.68 Å². The Morgan fingerprint density at radius 3 is 2.76 bits per heavy atom. The molecule has 0 saturated heterocycles. The van der Waals surface area contributed by atoms with Gasteiger partial charge >= 0.3 is 5.97 Å². The number of amides is 1. The lowest BCUT2D eigenvalue weighted by Gasteiger charge is -2.09. The molecule has 1 aliphatic carbocycles. The highest BCUT2D eigenvalue weighted by Crippen LogP contribution is 2.39. The predicted octanol–water partition coefficient (Wildman–Crippen LogP) is 2.26. The molecule has 0 radical (unpaired) electrons. The van der Waals surface area contributed by atoms with Crippen molar-refractivity contribution in [2.24, 2.45) is 0 Å². The van der Waals surface area contributed by atoms with Gasteiger partial charge in [-0.3, -0.25) is 9.59 Å². The summed E-state index contributed by atoms with van der Waals surface area (Å²) in [6.45, 7) is 0. The van der Waals surface area contributed by atoms with Crippen molar-refractivity contribution in [3.63, 3.8) is 0 Å². The first-order valence-electron chi connectivity index (χ1n) is 8.14. The van der Waals surface area contributed by atoms with Gasteiger partial charge in [0.25, 0.3) is 0 Å². The number of nitrogens with one attached hydrogen (secondary N) is 1. The zero-order chi connectivity index (χ0) is 17.8. The molecule has 3 rings (SSSR count). The Morgan fingerprint density at radius 2 is 2.04 bits per heavy atom. The summed E-state index contributed by atoms with van der Waals surface area (Å²) in [5, 5.41) is 22.7. The lowest BCUT2D eigenvalue weighted by molar-refractivity contribution is -0.137. The van der Waals surface area contributed by atoms with Crippen LogP contribution in [0.1, 0.15) is 50.3 Å². The average molecular weight is 347 g/mol. The first-order valence-corrected chi connectivity index (χ1v) is 8.14. The largest absolute Gasteiger partial charge is 0.481 e. The van der Waals surface area contributed by atoms with Crippen molar-refractivity contribution in [2.75, 3.05) is 5.32 Å². The maximum Gasteiger partial charge on any atom is 0.303 e. The first-order chi connectivity index (χ1) is 12.0. The van der Waals surface area contributed by atoms with Crippen LogP contribution in [0.2, 0.25) is 0 Å². The maximum absolute atomic E-state index is 14.2. The second-order valence-electron chi connectivity index (χ2n) is 6.04. The molecule has 1 aromatic heterocycles. The number of rotatable bonds is 8. The van der Waals surface area contributed by atoms with Crippen molar-refractivity contribution >= 4 is 17.6 Å². The van der Waals surface area contributed by atoms with Crippen molar-refractivity contribution in [3.8, 4) is 5.69 Å². The molecule has 132 valence electrons. The summed E-state index contributed by atoms with van der Waals surface area (Å²) in [7, 11) is 0. The van der Waals surface area contributed by atoms with E-state index in [0.29, 0.717) is 24.4 Å². The fourth-order valence-electron chi connectivity index (χ4n) is 2.50. The van der Waals surface area contributed by atoms with Crippen LogP contribution < -0.4 is 5.32 Å². The smallest absolute Gasteiger partial charge is 0.303 e. The van der Waals surface area contributed by atoms with Gasteiger partial charge in [-0.05, 0) is 54.3 Å². The zero-order valence-corrected chi connectivity index (χ0v) is 13.5. The highest BCUT2D eigenvalue weighted by molar-refractivity contribution is 5.91. The van der Waals surface area contributed by atoms with E-state index >= 15 is 0 Å². The van der Waals surface area contributed by atoms with Gasteiger partial charge in [0, 0.05) is 24.4 Å². The lowest BCUT2D eigenvalue weighted by atomic mass is 10.2. The lowest BCUT2D eigenvalue weighted by Crippen LogP contribution is -2.12. The number of anilines is 1. The molecule has 0 aliphatic heterocycles. The zero-order valence-electron chi connectivity index (χ0n) is 13.5. The van der Waals surface area contributed by atoms with Gasteiger partial charge in [0.1, 0.15) is 11.5 Å². The summed E-state index contributed by atoms with van der Waals surface area (Å²) >= 11 is 0. The van der Waals surface area contributed by atoms with E-state index in [4.69, 9.17) is 5.11 Å². The molecule has 2 aromatic rings. The molecule has 25 heavy (non-hydrogen) atoms. The van der Waals surface area contributed by atoms with E-state index < -0.39 is 11.8 Å². The number of halogens is 1. The van der Waals surface area contributed by atoms with Crippen LogP contribution in [-0.2, 0) is 9.59 Å². The van der Waals surface area contributed by atoms with Crippen molar-refractivity contribution in [3.05, 3.63) is 29.8 Å². The number of tetrazole rings is 1. The predicted molar refractivity (Wildman–Crippen MR) is 85.8 cm³/mol. The molecule has 0 spiro atoms. The minimum Gasteiger partial charge on any atom is -0.481 e. The van der Waals surface area contributed by atoms with E-state index in [1.807, 2.05) is 0 Å². The number of carbonyl (C=O) groups is 2. The van der Waals surface area contributed by atoms with Crippen LogP contribution in [0.3, 0.4) is 0 Å². The molecule has 8 nitrogen and oxygen atoms in total. The van der Waals surface area contributed by atoms with E-state index in [9.17, 15) is 14.0 Å². The molecule has 1 saturated carbocycles. The first kappa shape index (κ1) is 17.0. The monoisotopic (exact) mass is 347 g/mol. The van der Waals surface area contributed by atoms with Crippen molar-refractivity contribution in [1.29, 1.82) is 0 Å². The summed E-state index contributed by atoms with van der Waals surface area (Å²) in [5.41, 5.74) is 0.632. The van der Waals surface area contributed by atoms with E-state index in [0.717, 1.165) is 12.8 Å². The number of nitrogens with zero attached hydrogens (tertiary/aromatic N) is 4. The Kier molecular flexibility index (Phi) is 5.01. The van der Waals surface area contributed by atoms with Crippen LogP contribution >= 0.6 is 0 Å². The third-order valence-corrected chi connectivity index (χ3v) is 3.94. The molecule has 0 unspecified atom stereocenters. The van der Waals surface area contributed by atoms with Crippen LogP contribution in [0.25, 0.3) is 5.69 Å². The van der Waals surface area contributed by atoms with Crippen LogP contribution in [0, 0.1) is 5.82 Å². The van der Waals surface area contributed by atoms with Gasteiger partial charge < -0.3 is 10.4 Å². The standard InChI is InChI=1S/C16H18FN5O3/c17-12-8-7-11(18-14(23)3-1-2-4-15(24)25)9-13(12)22-16(10-5-6-10)19-20-21-22/h7-10H,1-6H2,(H,18,23)(H,24,25). The van der Waals surface area contributed by atoms with Gasteiger partial charge in [0.15, 0.2) is 5.82 Å². The molecule has 0 atom stereocenters. The highest BCUT2D eigenvalue weighted by atomic mass is 19.1. The number of carbonyl (C=O) groups excluding carboxylic acids is 1. The van der Waals surface area contributed by atoms with Crippen LogP contribution in [0.5, 0.6) is 0 Å². The molecule has 0 bridgehead atoms. The number of carboxylic acids is 1. The number of carboxylic acid groups (broad SMARTS) is 1. The molecule has 1 aliphatic rings. The number of hydrogen-bond acceptors (Lipinski definition) is 5. The number of benzene rings is 1. The topological polar surface area (TPSA) is 110 Å². The molecule has 1 fully saturated rings. The molecule has 1 amide bonds. The maximum atomic E-state index is 14.2. The Hall–Kier alpha value is -2.84. The van der Waals surface area contributed by atoms with Crippen molar-refractivity contribution in [2.45, 2.75) is 44.4 Å². The van der Waals surface area contributed by atoms with Gasteiger partial charge in [-0.15, -0.1) is 5.10 Å². The summed E-state index contributed by atoms with van der Waals surface area (Å²) < 4.78 is 15.5. The second-order valence-corrected chi connectivity index (χ2v) is 6.04. The minimum atomic E-state index is -0.878. The molecule has 2 N–H and O–H groups in total. The average Bonchev–Trinajstić information content (AvgIpc) is 3.30. The van der Waals surface area contributed by atoms with E-state index in [2.05, 4.69) is 20.8 Å². The molecule has 1 aromatic carbocycles. The summed E-state index contributed by atoms with van der Waals surface area (Å²) in [5.74, 6) is -0.731. The fourth-order valence-corrected chi connectivity index (χ4v) is 2.50. The second kappa shape index (κ2) is 7.37. The van der Waals surface area contributed by atoms with Gasteiger partial charge in [0.05, 0.1) is 0 Å². The highest BCUT2D eigenvalue weighted by Gasteiger charge is 2.30. The van der Waals surface area contributed by atoms with Gasteiger partial charge in [0.2, 0.25) is 5.91 Å². The molecular formula is C16H18FN5O3. The SMILES string of the molecule is O=C(O)CCCCC(=O)Nc1ccc(F)c(-n2nnnc2C2CC2)c1. The molecule has 9 heteroatoms. The summed E-state index contributed by atoms with van der Waals surface area (Å²) in [6, 6.07) is 4.22. The Labute approximate surface area is 143 Å². The minimum absolute atomic E-state index is 0.0389. The third-order valence-electron chi connectivity index (χ3n) is 3.94. The van der Waals surface area contributed by atoms with Gasteiger partial charge in [-0.25, -0.2) is 4.39 Å². The number of hydrogen-bond donors (Lipinski definition) is 2. The normalized spacial score (nSPS) is 13.6. The number of aliphatic carboxylic acids is 1. The van der Waals surface area contributed by atoms with Crippen molar-refractivity contribution < 1.29 is 19.1 Å². The van der Waals surface area contributed by atoms with Crippen LogP contribution in [-0.4, -0.2) is 37.2 Å². The van der Waals surface area contributed by atoms with Crippen LogP contribution in [0.4, 0.5) is 10.1 Å². The van der Waals surface area contributed by atoms with E-state index in [1.54, 1.807) is 0 Å². The Balaban J connectivity index is 1.66. The number of aromatic nitrogens is 4. The quantitative estimate of drug-likeness (QED) is 0.709. The van der Waals surface area contributed by atoms with Crippen molar-refractivity contribution in [1.82, 2.24) is 20.2 Å². The summed E-state index contributed by atoms with van der Waals surface area (Å²) in [4.78, 5) is 22.4. The third kappa shape index (κ3) is 4.37. The van der Waals surface area contributed by atoms with Gasteiger partial charge in [-0.1, -0.05) is 0 Å².